The summed E-state index contributed by atoms with van der Waals surface area (Å²) in [6, 6.07) is 3.73. The average molecular weight is 307 g/mol. The van der Waals surface area contributed by atoms with E-state index in [2.05, 4.69) is 21.7 Å². The summed E-state index contributed by atoms with van der Waals surface area (Å²) < 4.78 is 3.63. The fraction of sp³-hybridized carbons (Fsp3) is 0.500. The summed E-state index contributed by atoms with van der Waals surface area (Å²) in [6.45, 7) is 0.555. The number of aromatic nitrogens is 4. The summed E-state index contributed by atoms with van der Waals surface area (Å²) in [5.74, 6) is 1.76. The zero-order valence-corrected chi connectivity index (χ0v) is 13.2. The van der Waals surface area contributed by atoms with Gasteiger partial charge in [0.05, 0.1) is 0 Å². The lowest BCUT2D eigenvalue weighted by molar-refractivity contribution is -0.124. The highest BCUT2D eigenvalue weighted by atomic mass is 32.2. The minimum absolute atomic E-state index is 0.0520. The van der Waals surface area contributed by atoms with Gasteiger partial charge < -0.3 is 9.88 Å². The molecule has 114 valence electrons. The highest BCUT2D eigenvalue weighted by molar-refractivity contribution is 7.98. The van der Waals surface area contributed by atoms with E-state index >= 15 is 0 Å². The molecule has 1 N–H and O–H groups in total. The van der Waals surface area contributed by atoms with E-state index in [4.69, 9.17) is 0 Å². The van der Waals surface area contributed by atoms with Crippen molar-refractivity contribution in [1.82, 2.24) is 24.6 Å². The molecule has 2 heterocycles. The molecule has 1 amide bonds. The Kier molecular flexibility index (Phi) is 5.86. The first-order valence-corrected chi connectivity index (χ1v) is 8.33. The van der Waals surface area contributed by atoms with Crippen LogP contribution in [-0.4, -0.2) is 43.8 Å². The van der Waals surface area contributed by atoms with Gasteiger partial charge in [0.2, 0.25) is 5.91 Å². The predicted octanol–water partition coefficient (Wildman–Crippen LogP) is 1.27. The molecule has 2 aromatic rings. The van der Waals surface area contributed by atoms with Crippen LogP contribution in [0.2, 0.25) is 0 Å². The minimum atomic E-state index is -0.149. The summed E-state index contributed by atoms with van der Waals surface area (Å²) in [5, 5.41) is 7.18. The van der Waals surface area contributed by atoms with Crippen LogP contribution in [-0.2, 0) is 18.3 Å². The number of hydrogen-bond acceptors (Lipinski definition) is 4. The SMILES string of the molecule is CSCC[C@@H](C(=O)NCCc1ncn(C)n1)n1cccc1. The fourth-order valence-electron chi connectivity index (χ4n) is 2.11. The number of rotatable bonds is 8. The molecule has 21 heavy (non-hydrogen) atoms. The number of nitrogens with one attached hydrogen (secondary N) is 1. The van der Waals surface area contributed by atoms with Gasteiger partial charge in [-0.15, -0.1) is 0 Å². The summed E-state index contributed by atoms with van der Waals surface area (Å²) >= 11 is 1.75. The van der Waals surface area contributed by atoms with Crippen molar-refractivity contribution in [3.05, 3.63) is 36.7 Å². The van der Waals surface area contributed by atoms with Crippen LogP contribution in [0.3, 0.4) is 0 Å². The van der Waals surface area contributed by atoms with Crippen molar-refractivity contribution in [3.63, 3.8) is 0 Å². The van der Waals surface area contributed by atoms with E-state index in [9.17, 15) is 4.79 Å². The maximum absolute atomic E-state index is 12.4. The molecule has 0 aliphatic rings. The van der Waals surface area contributed by atoms with Crippen LogP contribution in [0.5, 0.6) is 0 Å². The molecule has 2 rings (SSSR count). The zero-order chi connectivity index (χ0) is 15.1. The topological polar surface area (TPSA) is 64.7 Å². The smallest absolute Gasteiger partial charge is 0.243 e. The van der Waals surface area contributed by atoms with Crippen molar-refractivity contribution in [2.24, 2.45) is 7.05 Å². The first-order valence-electron chi connectivity index (χ1n) is 6.94. The second kappa shape index (κ2) is 7.87. The maximum Gasteiger partial charge on any atom is 0.243 e. The Balaban J connectivity index is 1.86. The van der Waals surface area contributed by atoms with E-state index in [1.807, 2.05) is 36.1 Å². The van der Waals surface area contributed by atoms with Gasteiger partial charge in [-0.25, -0.2) is 4.98 Å². The quantitative estimate of drug-likeness (QED) is 0.797. The van der Waals surface area contributed by atoms with Crippen LogP contribution >= 0.6 is 11.8 Å². The number of carbonyl (C=O) groups excluding carboxylic acids is 1. The fourth-order valence-corrected chi connectivity index (χ4v) is 2.57. The lowest BCUT2D eigenvalue weighted by atomic mass is 10.2. The van der Waals surface area contributed by atoms with E-state index in [-0.39, 0.29) is 11.9 Å². The van der Waals surface area contributed by atoms with E-state index in [0.29, 0.717) is 13.0 Å². The molecule has 1 atom stereocenters. The summed E-state index contributed by atoms with van der Waals surface area (Å²) in [4.78, 5) is 16.5. The van der Waals surface area contributed by atoms with Crippen LogP contribution in [0.15, 0.2) is 30.9 Å². The first kappa shape index (κ1) is 15.6. The second-order valence-electron chi connectivity index (χ2n) is 4.80. The van der Waals surface area contributed by atoms with Crippen LogP contribution in [0.4, 0.5) is 0 Å². The molecular weight excluding hydrogens is 286 g/mol. The monoisotopic (exact) mass is 307 g/mol. The molecule has 0 aromatic carbocycles. The van der Waals surface area contributed by atoms with Crippen LogP contribution in [0.1, 0.15) is 18.3 Å². The van der Waals surface area contributed by atoms with Crippen molar-refractivity contribution in [1.29, 1.82) is 0 Å². The van der Waals surface area contributed by atoms with Gasteiger partial charge in [0, 0.05) is 32.4 Å². The van der Waals surface area contributed by atoms with Gasteiger partial charge in [-0.05, 0) is 30.6 Å². The van der Waals surface area contributed by atoms with Crippen molar-refractivity contribution < 1.29 is 4.79 Å². The Hall–Kier alpha value is -1.76. The molecule has 0 spiro atoms. The van der Waals surface area contributed by atoms with E-state index < -0.39 is 0 Å². The van der Waals surface area contributed by atoms with Gasteiger partial charge in [0.15, 0.2) is 5.82 Å². The molecule has 2 aromatic heterocycles. The number of hydrogen-bond donors (Lipinski definition) is 1. The number of nitrogens with zero attached hydrogens (tertiary/aromatic N) is 4. The van der Waals surface area contributed by atoms with Gasteiger partial charge in [-0.2, -0.15) is 16.9 Å². The molecule has 0 unspecified atom stereocenters. The van der Waals surface area contributed by atoms with Crippen molar-refractivity contribution in [2.75, 3.05) is 18.6 Å². The highest BCUT2D eigenvalue weighted by Gasteiger charge is 2.18. The van der Waals surface area contributed by atoms with E-state index in [0.717, 1.165) is 18.0 Å². The summed E-state index contributed by atoms with van der Waals surface area (Å²) in [7, 11) is 1.83. The molecule has 0 aliphatic heterocycles. The number of aryl methyl sites for hydroxylation is 1. The lowest BCUT2D eigenvalue weighted by Crippen LogP contribution is -2.34. The lowest BCUT2D eigenvalue weighted by Gasteiger charge is -2.18. The minimum Gasteiger partial charge on any atom is -0.354 e. The van der Waals surface area contributed by atoms with Crippen molar-refractivity contribution >= 4 is 17.7 Å². The third kappa shape index (κ3) is 4.63. The molecule has 0 bridgehead atoms. The van der Waals surface area contributed by atoms with Crippen molar-refractivity contribution in [3.8, 4) is 0 Å². The van der Waals surface area contributed by atoms with Crippen LogP contribution in [0, 0.1) is 0 Å². The molecule has 0 saturated carbocycles. The van der Waals surface area contributed by atoms with Gasteiger partial charge in [-0.1, -0.05) is 0 Å². The zero-order valence-electron chi connectivity index (χ0n) is 12.4. The molecule has 0 aliphatic carbocycles. The average Bonchev–Trinajstić information content (AvgIpc) is 3.11. The second-order valence-corrected chi connectivity index (χ2v) is 5.79. The van der Waals surface area contributed by atoms with Gasteiger partial charge in [0.25, 0.3) is 0 Å². The largest absolute Gasteiger partial charge is 0.354 e. The number of carbonyl (C=O) groups is 1. The Morgan fingerprint density at radius 3 is 2.81 bits per heavy atom. The van der Waals surface area contributed by atoms with Gasteiger partial charge in [-0.3, -0.25) is 9.48 Å². The summed E-state index contributed by atoms with van der Waals surface area (Å²) in [6.07, 6.45) is 9.06. The molecule has 0 saturated heterocycles. The highest BCUT2D eigenvalue weighted by Crippen LogP contribution is 2.15. The maximum atomic E-state index is 12.4. The van der Waals surface area contributed by atoms with Gasteiger partial charge in [0.1, 0.15) is 12.4 Å². The van der Waals surface area contributed by atoms with Crippen LogP contribution < -0.4 is 5.32 Å². The summed E-state index contributed by atoms with van der Waals surface area (Å²) in [5.41, 5.74) is 0. The Labute approximate surface area is 128 Å². The Morgan fingerprint density at radius 1 is 1.43 bits per heavy atom. The molecule has 7 heteroatoms. The van der Waals surface area contributed by atoms with E-state index in [1.165, 1.54) is 0 Å². The number of thioether (sulfide) groups is 1. The Morgan fingerprint density at radius 2 is 2.19 bits per heavy atom. The predicted molar refractivity (Wildman–Crippen MR) is 84.2 cm³/mol. The molecule has 0 radical (unpaired) electrons. The third-order valence-corrected chi connectivity index (χ3v) is 3.82. The standard InChI is InChI=1S/C14H21N5OS/c1-18-11-16-13(17-18)5-7-15-14(20)12(6-10-21-2)19-8-3-4-9-19/h3-4,8-9,11-12H,5-7,10H2,1-2H3,(H,15,20)/t12-/m0/s1. The van der Waals surface area contributed by atoms with Crippen molar-refractivity contribution in [2.45, 2.75) is 18.9 Å². The number of amides is 1. The first-order chi connectivity index (χ1) is 10.2. The van der Waals surface area contributed by atoms with Gasteiger partial charge >= 0.3 is 0 Å². The molecular formula is C14H21N5OS. The van der Waals surface area contributed by atoms with Crippen LogP contribution in [0.25, 0.3) is 0 Å². The Bertz CT molecular complexity index is 551. The van der Waals surface area contributed by atoms with E-state index in [1.54, 1.807) is 22.8 Å². The molecule has 0 fully saturated rings. The normalized spacial score (nSPS) is 12.3. The molecule has 6 nitrogen and oxygen atoms in total. The third-order valence-electron chi connectivity index (χ3n) is 3.18.